The summed E-state index contributed by atoms with van der Waals surface area (Å²) in [6.07, 6.45) is 4.56. The van der Waals surface area contributed by atoms with E-state index in [1.54, 1.807) is 18.3 Å². The maximum Gasteiger partial charge on any atom is 0.243 e. The van der Waals surface area contributed by atoms with Crippen LogP contribution in [0.3, 0.4) is 0 Å². The molecule has 27 heavy (non-hydrogen) atoms. The van der Waals surface area contributed by atoms with Crippen molar-refractivity contribution in [2.24, 2.45) is 0 Å². The van der Waals surface area contributed by atoms with Gasteiger partial charge in [-0.1, -0.05) is 18.6 Å². The Labute approximate surface area is 160 Å². The van der Waals surface area contributed by atoms with E-state index >= 15 is 0 Å². The van der Waals surface area contributed by atoms with E-state index < -0.39 is 0 Å². The number of hydrogen-bond donors (Lipinski definition) is 2. The van der Waals surface area contributed by atoms with Gasteiger partial charge in [0, 0.05) is 26.1 Å². The number of nitrogens with one attached hydrogen (secondary N) is 2. The molecule has 1 aromatic heterocycles. The van der Waals surface area contributed by atoms with Gasteiger partial charge in [0.15, 0.2) is 0 Å². The second kappa shape index (κ2) is 10.3. The van der Waals surface area contributed by atoms with Gasteiger partial charge in [-0.2, -0.15) is 0 Å². The molecule has 0 atom stereocenters. The maximum atomic E-state index is 12.2. The molecule has 2 amide bonds. The SMILES string of the molecule is CC(=O)NCCCCCC(=O)Nc1cccnc1Oc1cccc(C)c1C. The zero-order valence-corrected chi connectivity index (χ0v) is 16.2. The summed E-state index contributed by atoms with van der Waals surface area (Å²) < 4.78 is 5.94. The van der Waals surface area contributed by atoms with Gasteiger partial charge in [-0.05, 0) is 56.0 Å². The average Bonchev–Trinajstić information content (AvgIpc) is 2.63. The molecule has 1 aromatic carbocycles. The van der Waals surface area contributed by atoms with Crippen LogP contribution >= 0.6 is 0 Å². The van der Waals surface area contributed by atoms with Gasteiger partial charge < -0.3 is 15.4 Å². The normalized spacial score (nSPS) is 10.3. The molecule has 0 aliphatic rings. The van der Waals surface area contributed by atoms with Crippen molar-refractivity contribution in [2.45, 2.75) is 46.5 Å². The zero-order chi connectivity index (χ0) is 19.6. The number of carbonyl (C=O) groups is 2. The highest BCUT2D eigenvalue weighted by atomic mass is 16.5. The molecule has 1 heterocycles. The van der Waals surface area contributed by atoms with Gasteiger partial charge in [0.2, 0.25) is 17.7 Å². The zero-order valence-electron chi connectivity index (χ0n) is 16.2. The minimum absolute atomic E-state index is 0.0271. The second-order valence-corrected chi connectivity index (χ2v) is 6.50. The molecule has 0 unspecified atom stereocenters. The molecular weight excluding hydrogens is 342 g/mol. The number of nitrogens with zero attached hydrogens (tertiary/aromatic N) is 1. The van der Waals surface area contributed by atoms with Crippen molar-refractivity contribution < 1.29 is 14.3 Å². The van der Waals surface area contributed by atoms with Gasteiger partial charge in [0.05, 0.1) is 0 Å². The summed E-state index contributed by atoms with van der Waals surface area (Å²) in [5, 5.41) is 5.63. The Morgan fingerprint density at radius 3 is 2.67 bits per heavy atom. The number of anilines is 1. The summed E-state index contributed by atoms with van der Waals surface area (Å²) in [5.41, 5.74) is 2.73. The van der Waals surface area contributed by atoms with Crippen molar-refractivity contribution in [3.05, 3.63) is 47.7 Å². The Hall–Kier alpha value is -2.89. The molecule has 144 valence electrons. The van der Waals surface area contributed by atoms with Crippen LogP contribution in [0.15, 0.2) is 36.5 Å². The van der Waals surface area contributed by atoms with E-state index in [2.05, 4.69) is 15.6 Å². The smallest absolute Gasteiger partial charge is 0.243 e. The van der Waals surface area contributed by atoms with Crippen LogP contribution in [0.5, 0.6) is 11.6 Å². The van der Waals surface area contributed by atoms with E-state index in [0.717, 1.165) is 36.1 Å². The number of benzene rings is 1. The van der Waals surface area contributed by atoms with Crippen molar-refractivity contribution in [3.63, 3.8) is 0 Å². The first-order chi connectivity index (χ1) is 13.0. The number of rotatable bonds is 9. The van der Waals surface area contributed by atoms with Gasteiger partial charge in [-0.3, -0.25) is 9.59 Å². The summed E-state index contributed by atoms with van der Waals surface area (Å²) >= 11 is 0. The van der Waals surface area contributed by atoms with E-state index in [1.165, 1.54) is 6.92 Å². The van der Waals surface area contributed by atoms with E-state index in [4.69, 9.17) is 4.74 Å². The van der Waals surface area contributed by atoms with Crippen LogP contribution in [0, 0.1) is 13.8 Å². The molecule has 0 aliphatic heterocycles. The van der Waals surface area contributed by atoms with E-state index in [9.17, 15) is 9.59 Å². The Balaban J connectivity index is 1.89. The van der Waals surface area contributed by atoms with Crippen LogP contribution in [-0.2, 0) is 9.59 Å². The molecule has 2 N–H and O–H groups in total. The summed E-state index contributed by atoms with van der Waals surface area (Å²) in [6, 6.07) is 9.38. The maximum absolute atomic E-state index is 12.2. The second-order valence-electron chi connectivity index (χ2n) is 6.50. The molecule has 0 saturated carbocycles. The number of carbonyl (C=O) groups excluding carboxylic acids is 2. The molecule has 0 spiro atoms. The predicted octanol–water partition coefficient (Wildman–Crippen LogP) is 4.13. The van der Waals surface area contributed by atoms with Crippen molar-refractivity contribution in [3.8, 4) is 11.6 Å². The minimum Gasteiger partial charge on any atom is -0.437 e. The molecule has 0 fully saturated rings. The largest absolute Gasteiger partial charge is 0.437 e. The first kappa shape index (κ1) is 20.4. The topological polar surface area (TPSA) is 80.3 Å². The van der Waals surface area contributed by atoms with Crippen molar-refractivity contribution >= 4 is 17.5 Å². The average molecular weight is 369 g/mol. The number of aryl methyl sites for hydroxylation is 1. The van der Waals surface area contributed by atoms with Gasteiger partial charge in [-0.25, -0.2) is 4.98 Å². The van der Waals surface area contributed by atoms with Crippen LogP contribution in [-0.4, -0.2) is 23.3 Å². The first-order valence-electron chi connectivity index (χ1n) is 9.20. The molecule has 6 nitrogen and oxygen atoms in total. The molecular formula is C21H27N3O3. The molecule has 0 aliphatic carbocycles. The number of ether oxygens (including phenoxy) is 1. The third-order valence-corrected chi connectivity index (χ3v) is 4.26. The van der Waals surface area contributed by atoms with Crippen molar-refractivity contribution in [2.75, 3.05) is 11.9 Å². The fraction of sp³-hybridized carbons (Fsp3) is 0.381. The fourth-order valence-electron chi connectivity index (χ4n) is 2.57. The summed E-state index contributed by atoms with van der Waals surface area (Å²) in [6.45, 7) is 6.16. The van der Waals surface area contributed by atoms with Crippen molar-refractivity contribution in [1.29, 1.82) is 0 Å². The molecule has 0 bridgehead atoms. The summed E-state index contributed by atoms with van der Waals surface area (Å²) in [5.74, 6) is 1.00. The lowest BCUT2D eigenvalue weighted by molar-refractivity contribution is -0.119. The highest BCUT2D eigenvalue weighted by Crippen LogP contribution is 2.30. The highest BCUT2D eigenvalue weighted by Gasteiger charge is 2.11. The molecule has 6 heteroatoms. The molecule has 0 saturated heterocycles. The molecule has 2 rings (SSSR count). The predicted molar refractivity (Wildman–Crippen MR) is 106 cm³/mol. The van der Waals surface area contributed by atoms with Gasteiger partial charge in [0.25, 0.3) is 0 Å². The minimum atomic E-state index is -0.0756. The quantitative estimate of drug-likeness (QED) is 0.652. The van der Waals surface area contributed by atoms with Crippen LogP contribution in [0.1, 0.15) is 43.7 Å². The Kier molecular flexibility index (Phi) is 7.79. The van der Waals surface area contributed by atoms with Gasteiger partial charge in [0.1, 0.15) is 11.4 Å². The number of pyridine rings is 1. The van der Waals surface area contributed by atoms with Crippen LogP contribution in [0.2, 0.25) is 0 Å². The lowest BCUT2D eigenvalue weighted by Crippen LogP contribution is -2.20. The van der Waals surface area contributed by atoms with Crippen molar-refractivity contribution in [1.82, 2.24) is 10.3 Å². The Morgan fingerprint density at radius 1 is 1.07 bits per heavy atom. The highest BCUT2D eigenvalue weighted by molar-refractivity contribution is 5.91. The van der Waals surface area contributed by atoms with Gasteiger partial charge >= 0.3 is 0 Å². The number of aromatic nitrogens is 1. The fourth-order valence-corrected chi connectivity index (χ4v) is 2.57. The molecule has 0 radical (unpaired) electrons. The number of hydrogen-bond acceptors (Lipinski definition) is 4. The Morgan fingerprint density at radius 2 is 1.89 bits per heavy atom. The lowest BCUT2D eigenvalue weighted by Gasteiger charge is -2.13. The third-order valence-electron chi connectivity index (χ3n) is 4.26. The number of amides is 2. The van der Waals surface area contributed by atoms with Crippen LogP contribution < -0.4 is 15.4 Å². The first-order valence-corrected chi connectivity index (χ1v) is 9.20. The number of unbranched alkanes of at least 4 members (excludes halogenated alkanes) is 2. The van der Waals surface area contributed by atoms with Gasteiger partial charge in [-0.15, -0.1) is 0 Å². The standard InChI is InChI=1S/C21H27N3O3/c1-15-9-7-11-19(16(15)2)27-21-18(10-8-14-23-21)24-20(26)12-5-4-6-13-22-17(3)25/h7-11,14H,4-6,12-13H2,1-3H3,(H,22,25)(H,24,26). The van der Waals surface area contributed by atoms with E-state index in [0.29, 0.717) is 24.5 Å². The third kappa shape index (κ3) is 6.73. The Bertz CT molecular complexity index is 790. The van der Waals surface area contributed by atoms with Crippen LogP contribution in [0.25, 0.3) is 0 Å². The summed E-state index contributed by atoms with van der Waals surface area (Å²) in [4.78, 5) is 27.3. The monoisotopic (exact) mass is 369 g/mol. The van der Waals surface area contributed by atoms with E-state index in [1.807, 2.05) is 32.0 Å². The van der Waals surface area contributed by atoms with Crippen LogP contribution in [0.4, 0.5) is 5.69 Å². The van der Waals surface area contributed by atoms with E-state index in [-0.39, 0.29) is 11.8 Å². The lowest BCUT2D eigenvalue weighted by atomic mass is 10.1. The summed E-state index contributed by atoms with van der Waals surface area (Å²) in [7, 11) is 0. The molecule has 2 aromatic rings.